The second kappa shape index (κ2) is 6.95. The molecule has 7 heteroatoms. The first kappa shape index (κ1) is 16.8. The van der Waals surface area contributed by atoms with Gasteiger partial charge in [-0.05, 0) is 22.3 Å². The number of carboxylic acid groups (broad SMARTS) is 1. The fourth-order valence-electron chi connectivity index (χ4n) is 3.31. The maximum absolute atomic E-state index is 12.0. The summed E-state index contributed by atoms with van der Waals surface area (Å²) in [5.41, 5.74) is 4.37. The number of ether oxygens (including phenoxy) is 1. The van der Waals surface area contributed by atoms with E-state index in [2.05, 4.69) is 22.6 Å². The van der Waals surface area contributed by atoms with E-state index in [0.29, 0.717) is 0 Å². The molecule has 0 unspecified atom stereocenters. The summed E-state index contributed by atoms with van der Waals surface area (Å²) in [6.07, 6.45) is -0.606. The number of rotatable bonds is 5. The zero-order valence-electron chi connectivity index (χ0n) is 14.2. The molecule has 1 amide bonds. The highest BCUT2D eigenvalue weighted by Gasteiger charge is 2.29. The number of amides is 1. The Hall–Kier alpha value is -3.61. The van der Waals surface area contributed by atoms with Crippen molar-refractivity contribution in [2.45, 2.75) is 12.5 Å². The van der Waals surface area contributed by atoms with Crippen molar-refractivity contribution in [3.05, 3.63) is 77.2 Å². The summed E-state index contributed by atoms with van der Waals surface area (Å²) in [6.45, 7) is 0.202. The first-order chi connectivity index (χ1) is 13.1. The van der Waals surface area contributed by atoms with Gasteiger partial charge in [-0.15, -0.1) is 0 Å². The summed E-state index contributed by atoms with van der Waals surface area (Å²) in [7, 11) is 0. The first-order valence-electron chi connectivity index (χ1n) is 8.41. The number of hydrogen-bond acceptors (Lipinski definition) is 5. The Morgan fingerprint density at radius 1 is 1.07 bits per heavy atom. The minimum atomic E-state index is -1.19. The number of carboxylic acids is 1. The van der Waals surface area contributed by atoms with Gasteiger partial charge in [0.1, 0.15) is 6.61 Å². The van der Waals surface area contributed by atoms with Crippen LogP contribution in [-0.4, -0.2) is 28.9 Å². The molecule has 2 N–H and O–H groups in total. The summed E-state index contributed by atoms with van der Waals surface area (Å²) < 4.78 is 10.2. The number of alkyl carbamates (subject to hydrolysis) is 1. The van der Waals surface area contributed by atoms with Gasteiger partial charge in [0.15, 0.2) is 11.5 Å². The zero-order valence-corrected chi connectivity index (χ0v) is 14.2. The first-order valence-corrected chi connectivity index (χ1v) is 8.41. The number of fused-ring (bicyclic) bond motifs is 3. The summed E-state index contributed by atoms with van der Waals surface area (Å²) in [5.74, 6) is -0.973. The molecule has 2 aromatic carbocycles. The van der Waals surface area contributed by atoms with Crippen molar-refractivity contribution in [3.8, 4) is 11.1 Å². The van der Waals surface area contributed by atoms with Gasteiger partial charge in [-0.2, -0.15) is 0 Å². The fourth-order valence-corrected chi connectivity index (χ4v) is 3.31. The number of nitrogens with one attached hydrogen (secondary N) is 1. The van der Waals surface area contributed by atoms with E-state index in [0.717, 1.165) is 22.3 Å². The van der Waals surface area contributed by atoms with E-state index < -0.39 is 12.1 Å². The van der Waals surface area contributed by atoms with Gasteiger partial charge in [0.25, 0.3) is 0 Å². The van der Waals surface area contributed by atoms with Crippen molar-refractivity contribution in [1.29, 1.82) is 0 Å². The van der Waals surface area contributed by atoms with Gasteiger partial charge < -0.3 is 19.7 Å². The SMILES string of the molecule is O=C(NCc1cc(C(=O)O)no1)OCC1c2ccccc2-c2ccccc21. The maximum Gasteiger partial charge on any atom is 0.407 e. The van der Waals surface area contributed by atoms with Crippen molar-refractivity contribution < 1.29 is 24.0 Å². The topological polar surface area (TPSA) is 102 Å². The molecule has 0 radical (unpaired) electrons. The summed E-state index contributed by atoms with van der Waals surface area (Å²) in [5, 5.41) is 14.7. The van der Waals surface area contributed by atoms with Crippen LogP contribution in [0.25, 0.3) is 11.1 Å². The van der Waals surface area contributed by atoms with Crippen LogP contribution in [-0.2, 0) is 11.3 Å². The van der Waals surface area contributed by atoms with Crippen LogP contribution in [0, 0.1) is 0 Å². The van der Waals surface area contributed by atoms with E-state index in [-0.39, 0.29) is 30.5 Å². The third-order valence-electron chi connectivity index (χ3n) is 4.53. The third-order valence-corrected chi connectivity index (χ3v) is 4.53. The molecule has 0 bridgehead atoms. The summed E-state index contributed by atoms with van der Waals surface area (Å²) in [6, 6.07) is 17.4. The van der Waals surface area contributed by atoms with Crippen molar-refractivity contribution in [1.82, 2.24) is 10.5 Å². The van der Waals surface area contributed by atoms with Gasteiger partial charge in [-0.1, -0.05) is 53.7 Å². The Bertz CT molecular complexity index is 965. The van der Waals surface area contributed by atoms with E-state index in [1.54, 1.807) is 0 Å². The van der Waals surface area contributed by atoms with Crippen LogP contribution in [0.3, 0.4) is 0 Å². The number of nitrogens with zero attached hydrogens (tertiary/aromatic N) is 1. The molecule has 1 heterocycles. The molecular formula is C20H16N2O5. The van der Waals surface area contributed by atoms with Crippen LogP contribution in [0.5, 0.6) is 0 Å². The van der Waals surface area contributed by atoms with Gasteiger partial charge >= 0.3 is 12.1 Å². The van der Waals surface area contributed by atoms with E-state index in [1.165, 1.54) is 6.07 Å². The smallest absolute Gasteiger partial charge is 0.407 e. The number of hydrogen-bond donors (Lipinski definition) is 2. The Labute approximate surface area is 154 Å². The predicted octanol–water partition coefficient (Wildman–Crippen LogP) is 3.41. The van der Waals surface area contributed by atoms with Crippen LogP contribution in [0.4, 0.5) is 4.79 Å². The van der Waals surface area contributed by atoms with Crippen molar-refractivity contribution in [2.75, 3.05) is 6.61 Å². The zero-order chi connectivity index (χ0) is 18.8. The maximum atomic E-state index is 12.0. The molecule has 0 aliphatic heterocycles. The highest BCUT2D eigenvalue weighted by atomic mass is 16.5. The quantitative estimate of drug-likeness (QED) is 0.719. The van der Waals surface area contributed by atoms with E-state index in [4.69, 9.17) is 14.4 Å². The molecule has 136 valence electrons. The molecule has 1 aromatic heterocycles. The molecule has 1 aliphatic carbocycles. The molecule has 3 aromatic rings. The van der Waals surface area contributed by atoms with Crippen LogP contribution >= 0.6 is 0 Å². The Balaban J connectivity index is 1.39. The Morgan fingerprint density at radius 2 is 1.70 bits per heavy atom. The summed E-state index contributed by atoms with van der Waals surface area (Å²) >= 11 is 0. The lowest BCUT2D eigenvalue weighted by Gasteiger charge is -2.14. The minimum absolute atomic E-state index is 0.00302. The van der Waals surface area contributed by atoms with Crippen LogP contribution in [0.2, 0.25) is 0 Å². The molecule has 1 aliphatic rings. The molecular weight excluding hydrogens is 348 g/mol. The molecule has 0 atom stereocenters. The predicted molar refractivity (Wildman–Crippen MR) is 95.4 cm³/mol. The fraction of sp³-hybridized carbons (Fsp3) is 0.150. The summed E-state index contributed by atoms with van der Waals surface area (Å²) in [4.78, 5) is 22.8. The van der Waals surface area contributed by atoms with Gasteiger partial charge in [0, 0.05) is 12.0 Å². The number of benzene rings is 2. The van der Waals surface area contributed by atoms with Crippen molar-refractivity contribution in [2.24, 2.45) is 0 Å². The second-order valence-electron chi connectivity index (χ2n) is 6.16. The molecule has 0 fully saturated rings. The van der Waals surface area contributed by atoms with E-state index in [1.807, 2.05) is 36.4 Å². The highest BCUT2D eigenvalue weighted by Crippen LogP contribution is 2.44. The third kappa shape index (κ3) is 3.27. The number of aromatic carboxylic acids is 1. The van der Waals surface area contributed by atoms with Gasteiger partial charge in [-0.25, -0.2) is 9.59 Å². The van der Waals surface area contributed by atoms with Gasteiger partial charge in [-0.3, -0.25) is 0 Å². The minimum Gasteiger partial charge on any atom is -0.476 e. The standard InChI is InChI=1S/C20H16N2O5/c23-19(24)18-9-12(27-22-18)10-21-20(25)26-11-17-15-7-3-1-5-13(15)14-6-2-4-8-16(14)17/h1-9,17H,10-11H2,(H,21,25)(H,23,24). The van der Waals surface area contributed by atoms with Crippen LogP contribution < -0.4 is 5.32 Å². The van der Waals surface area contributed by atoms with Crippen LogP contribution in [0.15, 0.2) is 59.1 Å². The highest BCUT2D eigenvalue weighted by molar-refractivity contribution is 5.85. The number of carbonyl (C=O) groups excluding carboxylic acids is 1. The molecule has 7 nitrogen and oxygen atoms in total. The van der Waals surface area contributed by atoms with Crippen molar-refractivity contribution >= 4 is 12.1 Å². The number of carbonyl (C=O) groups is 2. The lowest BCUT2D eigenvalue weighted by atomic mass is 9.98. The largest absolute Gasteiger partial charge is 0.476 e. The lowest BCUT2D eigenvalue weighted by Crippen LogP contribution is -2.25. The molecule has 27 heavy (non-hydrogen) atoms. The Kier molecular flexibility index (Phi) is 4.33. The lowest BCUT2D eigenvalue weighted by molar-refractivity contribution is 0.0685. The monoisotopic (exact) mass is 364 g/mol. The molecule has 0 saturated carbocycles. The van der Waals surface area contributed by atoms with E-state index in [9.17, 15) is 9.59 Å². The second-order valence-corrected chi connectivity index (χ2v) is 6.16. The van der Waals surface area contributed by atoms with Gasteiger partial charge in [0.2, 0.25) is 0 Å². The van der Waals surface area contributed by atoms with Crippen LogP contribution in [0.1, 0.15) is 33.3 Å². The molecule has 0 spiro atoms. The average Bonchev–Trinajstić information content (AvgIpc) is 3.28. The average molecular weight is 364 g/mol. The van der Waals surface area contributed by atoms with Gasteiger partial charge in [0.05, 0.1) is 6.54 Å². The molecule has 0 saturated heterocycles. The molecule has 4 rings (SSSR count). The van der Waals surface area contributed by atoms with Crippen molar-refractivity contribution in [3.63, 3.8) is 0 Å². The Morgan fingerprint density at radius 3 is 2.30 bits per heavy atom. The number of aromatic nitrogens is 1. The van der Waals surface area contributed by atoms with E-state index >= 15 is 0 Å². The normalized spacial score (nSPS) is 12.3.